The second-order valence-corrected chi connectivity index (χ2v) is 7.34. The van der Waals surface area contributed by atoms with Gasteiger partial charge >= 0.3 is 0 Å². The third-order valence-corrected chi connectivity index (χ3v) is 5.23. The molecule has 7 heteroatoms. The zero-order valence-corrected chi connectivity index (χ0v) is 16.1. The molecular formula is C19H28ClN3O3. The number of likely N-dealkylation sites (tertiary alicyclic amines) is 1. The third-order valence-electron chi connectivity index (χ3n) is 5.23. The van der Waals surface area contributed by atoms with E-state index in [1.165, 1.54) is 0 Å². The summed E-state index contributed by atoms with van der Waals surface area (Å²) >= 11 is 0. The normalized spacial score (nSPS) is 23.4. The van der Waals surface area contributed by atoms with Gasteiger partial charge < -0.3 is 20.6 Å². The summed E-state index contributed by atoms with van der Waals surface area (Å²) in [5, 5.41) is 15.4. The Kier molecular flexibility index (Phi) is 7.03. The van der Waals surface area contributed by atoms with E-state index in [1.54, 1.807) is 12.1 Å². The first-order chi connectivity index (χ1) is 11.9. The van der Waals surface area contributed by atoms with Crippen LogP contribution in [0.3, 0.4) is 0 Å². The first-order valence-electron chi connectivity index (χ1n) is 9.06. The molecule has 0 unspecified atom stereocenters. The fourth-order valence-electron chi connectivity index (χ4n) is 3.47. The molecule has 0 bridgehead atoms. The molecule has 3 rings (SSSR count). The number of benzene rings is 1. The van der Waals surface area contributed by atoms with Crippen molar-refractivity contribution in [2.45, 2.75) is 45.3 Å². The molecule has 0 radical (unpaired) electrons. The quantitative estimate of drug-likeness (QED) is 0.747. The number of hydrogen-bond acceptors (Lipinski definition) is 4. The summed E-state index contributed by atoms with van der Waals surface area (Å²) in [6.07, 6.45) is 2.07. The second-order valence-electron chi connectivity index (χ2n) is 7.34. The number of halogens is 1. The fraction of sp³-hybridized carbons (Fsp3) is 0.579. The summed E-state index contributed by atoms with van der Waals surface area (Å²) in [4.78, 5) is 26.8. The molecule has 26 heavy (non-hydrogen) atoms. The Morgan fingerprint density at radius 1 is 1.27 bits per heavy atom. The van der Waals surface area contributed by atoms with E-state index in [1.807, 2.05) is 17.9 Å². The molecule has 2 saturated heterocycles. The number of aliphatic hydroxyl groups is 1. The Labute approximate surface area is 160 Å². The van der Waals surface area contributed by atoms with Gasteiger partial charge in [0.05, 0.1) is 12.1 Å². The predicted molar refractivity (Wildman–Crippen MR) is 104 cm³/mol. The number of nitrogens with one attached hydrogen (secondary N) is 2. The molecule has 2 fully saturated rings. The minimum atomic E-state index is -0.468. The van der Waals surface area contributed by atoms with Gasteiger partial charge in [0.25, 0.3) is 5.91 Å². The van der Waals surface area contributed by atoms with E-state index in [0.29, 0.717) is 30.1 Å². The van der Waals surface area contributed by atoms with Crippen LogP contribution in [0.4, 0.5) is 5.69 Å². The van der Waals surface area contributed by atoms with Crippen LogP contribution in [-0.2, 0) is 4.79 Å². The number of aryl methyl sites for hydroxylation is 1. The van der Waals surface area contributed by atoms with E-state index in [2.05, 4.69) is 17.6 Å². The van der Waals surface area contributed by atoms with E-state index in [4.69, 9.17) is 0 Å². The predicted octanol–water partition coefficient (Wildman–Crippen LogP) is 1.95. The van der Waals surface area contributed by atoms with Gasteiger partial charge in [-0.1, -0.05) is 6.92 Å². The number of amides is 2. The van der Waals surface area contributed by atoms with Gasteiger partial charge in [0, 0.05) is 30.9 Å². The number of anilines is 1. The Bertz CT molecular complexity index is 659. The second kappa shape index (κ2) is 8.84. The van der Waals surface area contributed by atoms with Crippen LogP contribution in [0.15, 0.2) is 18.2 Å². The maximum atomic E-state index is 12.6. The average Bonchev–Trinajstić information content (AvgIpc) is 3.03. The lowest BCUT2D eigenvalue weighted by molar-refractivity contribution is -0.117. The lowest BCUT2D eigenvalue weighted by Crippen LogP contribution is -2.38. The molecule has 0 aromatic heterocycles. The van der Waals surface area contributed by atoms with Crippen LogP contribution >= 0.6 is 12.4 Å². The minimum Gasteiger partial charge on any atom is -0.392 e. The summed E-state index contributed by atoms with van der Waals surface area (Å²) in [6.45, 7) is 6.18. The van der Waals surface area contributed by atoms with Crippen molar-refractivity contribution in [1.82, 2.24) is 10.2 Å². The van der Waals surface area contributed by atoms with Gasteiger partial charge in [-0.15, -0.1) is 12.4 Å². The molecule has 3 N–H and O–H groups in total. The van der Waals surface area contributed by atoms with Gasteiger partial charge in [0.15, 0.2) is 0 Å². The van der Waals surface area contributed by atoms with Crippen LogP contribution in [0, 0.1) is 12.8 Å². The standard InChI is InChI=1S/C19H27N3O3.ClH/c1-12-5-7-22(8-6-12)19(25)14-3-4-16(13(2)9-14)21-18(24)17-10-15(23)11-20-17;/h3-4,9,12,15,17,20,23H,5-8,10-11H2,1-2H3,(H,21,24);1H/t15-,17+;/m0./s1. The van der Waals surface area contributed by atoms with Gasteiger partial charge in [-0.3, -0.25) is 9.59 Å². The van der Waals surface area contributed by atoms with Crippen LogP contribution in [0.5, 0.6) is 0 Å². The van der Waals surface area contributed by atoms with E-state index in [-0.39, 0.29) is 30.3 Å². The van der Waals surface area contributed by atoms with Gasteiger partial charge in [-0.05, 0) is 55.9 Å². The maximum absolute atomic E-state index is 12.6. The van der Waals surface area contributed by atoms with Crippen LogP contribution < -0.4 is 10.6 Å². The topological polar surface area (TPSA) is 81.7 Å². The number of carbonyl (C=O) groups excluding carboxylic acids is 2. The Hall–Kier alpha value is -1.63. The van der Waals surface area contributed by atoms with Crippen molar-refractivity contribution in [1.29, 1.82) is 0 Å². The first-order valence-corrected chi connectivity index (χ1v) is 9.06. The number of aliphatic hydroxyl groups excluding tert-OH is 1. The van der Waals surface area contributed by atoms with E-state index >= 15 is 0 Å². The molecule has 6 nitrogen and oxygen atoms in total. The summed E-state index contributed by atoms with van der Waals surface area (Å²) in [6, 6.07) is 5.04. The number of nitrogens with zero attached hydrogens (tertiary/aromatic N) is 1. The molecule has 2 atom stereocenters. The van der Waals surface area contributed by atoms with E-state index < -0.39 is 6.10 Å². The maximum Gasteiger partial charge on any atom is 0.253 e. The molecule has 2 aliphatic rings. The van der Waals surface area contributed by atoms with Crippen molar-refractivity contribution < 1.29 is 14.7 Å². The lowest BCUT2D eigenvalue weighted by atomic mass is 9.98. The molecule has 0 aliphatic carbocycles. The molecule has 2 heterocycles. The fourth-order valence-corrected chi connectivity index (χ4v) is 3.47. The van der Waals surface area contributed by atoms with Crippen LogP contribution in [0.1, 0.15) is 42.1 Å². The van der Waals surface area contributed by atoms with Crippen molar-refractivity contribution >= 4 is 29.9 Å². The zero-order valence-electron chi connectivity index (χ0n) is 15.3. The number of rotatable bonds is 3. The molecule has 1 aromatic rings. The van der Waals surface area contributed by atoms with Gasteiger partial charge in [0.2, 0.25) is 5.91 Å². The Balaban J connectivity index is 0.00000243. The van der Waals surface area contributed by atoms with Crippen molar-refractivity contribution in [3.05, 3.63) is 29.3 Å². The molecular weight excluding hydrogens is 354 g/mol. The van der Waals surface area contributed by atoms with Gasteiger partial charge in [-0.25, -0.2) is 0 Å². The summed E-state index contributed by atoms with van der Waals surface area (Å²) in [5.41, 5.74) is 2.24. The van der Waals surface area contributed by atoms with Gasteiger partial charge in [-0.2, -0.15) is 0 Å². The average molecular weight is 382 g/mol. The summed E-state index contributed by atoms with van der Waals surface area (Å²) in [5.74, 6) is 0.600. The Morgan fingerprint density at radius 3 is 2.54 bits per heavy atom. The van der Waals surface area contributed by atoms with Crippen molar-refractivity contribution in [3.63, 3.8) is 0 Å². The molecule has 2 aliphatic heterocycles. The SMILES string of the molecule is Cc1cc(C(=O)N2CCC(C)CC2)ccc1NC(=O)[C@H]1C[C@H](O)CN1.Cl. The third kappa shape index (κ3) is 4.75. The monoisotopic (exact) mass is 381 g/mol. The molecule has 144 valence electrons. The van der Waals surface area contributed by atoms with E-state index in [9.17, 15) is 14.7 Å². The highest BCUT2D eigenvalue weighted by Gasteiger charge is 2.28. The summed E-state index contributed by atoms with van der Waals surface area (Å²) in [7, 11) is 0. The molecule has 0 spiro atoms. The highest BCUT2D eigenvalue weighted by molar-refractivity contribution is 5.98. The van der Waals surface area contributed by atoms with Crippen LogP contribution in [-0.4, -0.2) is 53.6 Å². The smallest absolute Gasteiger partial charge is 0.253 e. The summed E-state index contributed by atoms with van der Waals surface area (Å²) < 4.78 is 0. The van der Waals surface area contributed by atoms with Crippen molar-refractivity contribution in [2.24, 2.45) is 5.92 Å². The van der Waals surface area contributed by atoms with Crippen LogP contribution in [0.25, 0.3) is 0 Å². The lowest BCUT2D eigenvalue weighted by Gasteiger charge is -2.30. The van der Waals surface area contributed by atoms with E-state index in [0.717, 1.165) is 31.5 Å². The largest absolute Gasteiger partial charge is 0.392 e. The number of β-amino-alcohol motifs (C(OH)–C–C–N with tert-alkyl or cyclic N) is 1. The highest BCUT2D eigenvalue weighted by Crippen LogP contribution is 2.22. The van der Waals surface area contributed by atoms with Crippen molar-refractivity contribution in [3.8, 4) is 0 Å². The molecule has 1 aromatic carbocycles. The zero-order chi connectivity index (χ0) is 18.0. The number of piperidine rings is 1. The highest BCUT2D eigenvalue weighted by atomic mass is 35.5. The number of carbonyl (C=O) groups is 2. The van der Waals surface area contributed by atoms with Gasteiger partial charge in [0.1, 0.15) is 0 Å². The Morgan fingerprint density at radius 2 is 1.96 bits per heavy atom. The molecule has 2 amide bonds. The molecule has 0 saturated carbocycles. The first kappa shape index (κ1) is 20.7. The van der Waals surface area contributed by atoms with Crippen LogP contribution in [0.2, 0.25) is 0 Å². The minimum absolute atomic E-state index is 0. The number of hydrogen-bond donors (Lipinski definition) is 3. The van der Waals surface area contributed by atoms with Crippen molar-refractivity contribution in [2.75, 3.05) is 25.0 Å².